The third-order valence-electron chi connectivity index (χ3n) is 8.88. The van der Waals surface area contributed by atoms with E-state index in [-0.39, 0.29) is 28.6 Å². The molecule has 2 aromatic heterocycles. The van der Waals surface area contributed by atoms with Crippen molar-refractivity contribution in [1.82, 2.24) is 4.98 Å². The van der Waals surface area contributed by atoms with Gasteiger partial charge >= 0.3 is 0 Å². The highest BCUT2D eigenvalue weighted by molar-refractivity contribution is 7.22. The number of carbonyl (C=O) groups excluding carboxylic acids is 2. The lowest BCUT2D eigenvalue weighted by Gasteiger charge is -2.32. The number of amides is 2. The van der Waals surface area contributed by atoms with Gasteiger partial charge in [-0.15, -0.1) is 0 Å². The van der Waals surface area contributed by atoms with Gasteiger partial charge in [-0.3, -0.25) is 19.3 Å². The molecule has 2 amide bonds. The van der Waals surface area contributed by atoms with E-state index in [1.165, 1.54) is 16.2 Å². The summed E-state index contributed by atoms with van der Waals surface area (Å²) in [5, 5.41) is 1.07. The molecule has 1 unspecified atom stereocenters. The van der Waals surface area contributed by atoms with Crippen molar-refractivity contribution in [2.45, 2.75) is 32.9 Å². The number of nitrogens with zero attached hydrogens (tertiary/aromatic N) is 3. The van der Waals surface area contributed by atoms with Gasteiger partial charge in [0.25, 0.3) is 11.8 Å². The monoisotopic (exact) mass is 647 g/mol. The lowest BCUT2D eigenvalue weighted by atomic mass is 9.84. The van der Waals surface area contributed by atoms with E-state index in [4.69, 9.17) is 25.7 Å². The number of aryl methyl sites for hydroxylation is 2. The fourth-order valence-electron chi connectivity index (χ4n) is 6.62. The van der Waals surface area contributed by atoms with Crippen LogP contribution in [0.3, 0.4) is 0 Å². The minimum absolute atomic E-state index is 0.0124. The number of ether oxygens (including phenoxy) is 1. The van der Waals surface area contributed by atoms with Crippen LogP contribution in [-0.4, -0.2) is 23.4 Å². The molecule has 4 aromatic carbocycles. The van der Waals surface area contributed by atoms with Crippen LogP contribution in [0.1, 0.15) is 45.3 Å². The van der Waals surface area contributed by atoms with Crippen LogP contribution in [0.2, 0.25) is 5.02 Å². The molecule has 0 radical (unpaired) electrons. The Hall–Kier alpha value is -4.99. The van der Waals surface area contributed by atoms with Gasteiger partial charge < -0.3 is 14.1 Å². The molecular weight excluding hydrogens is 622 g/mol. The fourth-order valence-corrected chi connectivity index (χ4v) is 7.86. The number of fused-ring (bicyclic) bond motifs is 6. The molecule has 10 heteroatoms. The van der Waals surface area contributed by atoms with Gasteiger partial charge in [-0.2, -0.15) is 0 Å². The first-order chi connectivity index (χ1) is 22.2. The molecule has 1 spiro atoms. The first-order valence-corrected chi connectivity index (χ1v) is 16.0. The number of hydrogen-bond acceptors (Lipinski definition) is 7. The number of carbonyl (C=O) groups is 2. The second-order valence-electron chi connectivity index (χ2n) is 11.5. The molecule has 0 saturated carbocycles. The highest BCUT2D eigenvalue weighted by atomic mass is 35.5. The molecule has 228 valence electrons. The van der Waals surface area contributed by atoms with Gasteiger partial charge in [0.2, 0.25) is 5.76 Å². The van der Waals surface area contributed by atoms with Gasteiger partial charge in [-0.1, -0.05) is 59.3 Å². The number of aromatic nitrogens is 1. The summed E-state index contributed by atoms with van der Waals surface area (Å²) < 4.78 is 12.8. The predicted molar refractivity (Wildman–Crippen MR) is 179 cm³/mol. The Morgan fingerprint density at radius 3 is 2.52 bits per heavy atom. The summed E-state index contributed by atoms with van der Waals surface area (Å²) in [6, 6.07) is 23.6. The Balaban J connectivity index is 1.44. The van der Waals surface area contributed by atoms with E-state index in [1.807, 2.05) is 69.3 Å². The van der Waals surface area contributed by atoms with E-state index in [0.717, 1.165) is 21.4 Å². The van der Waals surface area contributed by atoms with E-state index in [9.17, 15) is 9.59 Å². The standard InChI is InChI=1S/C36H26ClN3O5S/c1-4-44-22-13-14-26-29(17-22)46-35(38-26)40-33(42)32-30(31(41)23-15-19(2)20(3)16-28(23)45-32)36(40)24-10-6-8-12-27(24)39(34(36)43)18-21-9-5-7-11-25(21)37/h5-17H,4,18H2,1-3H3. The summed E-state index contributed by atoms with van der Waals surface area (Å²) in [5.41, 5.74) is 2.19. The Kier molecular flexibility index (Phi) is 6.36. The number of hydrogen-bond donors (Lipinski definition) is 0. The van der Waals surface area contributed by atoms with E-state index >= 15 is 4.79 Å². The van der Waals surface area contributed by atoms with Gasteiger partial charge in [-0.25, -0.2) is 4.98 Å². The van der Waals surface area contributed by atoms with E-state index in [1.54, 1.807) is 35.2 Å². The molecule has 2 aliphatic heterocycles. The molecule has 0 fully saturated rings. The topological polar surface area (TPSA) is 93.0 Å². The van der Waals surface area contributed by atoms with Crippen molar-refractivity contribution in [3.05, 3.63) is 128 Å². The van der Waals surface area contributed by atoms with Crippen molar-refractivity contribution in [3.63, 3.8) is 0 Å². The minimum Gasteiger partial charge on any atom is -0.494 e. The Labute approximate surface area is 272 Å². The van der Waals surface area contributed by atoms with E-state index in [2.05, 4.69) is 0 Å². The Bertz CT molecular complexity index is 2350. The van der Waals surface area contributed by atoms with Gasteiger partial charge in [-0.05, 0) is 79.9 Å². The average molecular weight is 648 g/mol. The number of benzene rings is 4. The first kappa shape index (κ1) is 28.5. The third-order valence-corrected chi connectivity index (χ3v) is 10.2. The van der Waals surface area contributed by atoms with Crippen molar-refractivity contribution >= 4 is 66.8 Å². The summed E-state index contributed by atoms with van der Waals surface area (Å²) in [4.78, 5) is 52.4. The third kappa shape index (κ3) is 3.85. The number of rotatable bonds is 5. The fraction of sp³-hybridized carbons (Fsp3) is 0.167. The van der Waals surface area contributed by atoms with Gasteiger partial charge in [0, 0.05) is 10.6 Å². The Morgan fingerprint density at radius 2 is 1.72 bits per heavy atom. The molecule has 0 bridgehead atoms. The average Bonchev–Trinajstić information content (AvgIpc) is 3.65. The highest BCUT2D eigenvalue weighted by Crippen LogP contribution is 2.55. The largest absolute Gasteiger partial charge is 0.494 e. The van der Waals surface area contributed by atoms with Crippen LogP contribution >= 0.6 is 22.9 Å². The SMILES string of the molecule is CCOc1ccc2nc(N3C(=O)c4oc5cc(C)c(C)cc5c(=O)c4C34C(=O)N(Cc3ccccc3Cl)c3ccccc34)sc2c1. The molecule has 1 atom stereocenters. The normalized spacial score (nSPS) is 17.0. The summed E-state index contributed by atoms with van der Waals surface area (Å²) >= 11 is 7.82. The second kappa shape index (κ2) is 10.3. The molecule has 46 heavy (non-hydrogen) atoms. The van der Waals surface area contributed by atoms with Crippen molar-refractivity contribution < 1.29 is 18.7 Å². The molecule has 4 heterocycles. The number of anilines is 2. The van der Waals surface area contributed by atoms with Crippen LogP contribution in [-0.2, 0) is 16.9 Å². The first-order valence-electron chi connectivity index (χ1n) is 14.9. The van der Waals surface area contributed by atoms with Crippen LogP contribution in [0.4, 0.5) is 10.8 Å². The molecule has 0 N–H and O–H groups in total. The number of para-hydroxylation sites is 1. The van der Waals surface area contributed by atoms with Crippen LogP contribution < -0.4 is 20.0 Å². The predicted octanol–water partition coefficient (Wildman–Crippen LogP) is 7.52. The molecule has 6 aromatic rings. The van der Waals surface area contributed by atoms with Crippen molar-refractivity contribution in [2.75, 3.05) is 16.4 Å². The summed E-state index contributed by atoms with van der Waals surface area (Å²) in [5.74, 6) is -0.583. The molecule has 8 nitrogen and oxygen atoms in total. The molecule has 8 rings (SSSR count). The zero-order valence-electron chi connectivity index (χ0n) is 25.1. The summed E-state index contributed by atoms with van der Waals surface area (Å²) in [6.45, 7) is 6.35. The Morgan fingerprint density at radius 1 is 0.957 bits per heavy atom. The summed E-state index contributed by atoms with van der Waals surface area (Å²) in [7, 11) is 0. The van der Waals surface area contributed by atoms with Crippen LogP contribution in [0, 0.1) is 13.8 Å². The van der Waals surface area contributed by atoms with Gasteiger partial charge in [0.1, 0.15) is 11.3 Å². The zero-order chi connectivity index (χ0) is 31.9. The smallest absolute Gasteiger partial charge is 0.297 e. The maximum Gasteiger partial charge on any atom is 0.297 e. The van der Waals surface area contributed by atoms with Crippen molar-refractivity contribution in [1.29, 1.82) is 0 Å². The van der Waals surface area contributed by atoms with Crippen molar-refractivity contribution in [3.8, 4) is 5.75 Å². The second-order valence-corrected chi connectivity index (χ2v) is 12.9. The molecular formula is C36H26ClN3O5S. The van der Waals surface area contributed by atoms with E-state index < -0.39 is 22.8 Å². The van der Waals surface area contributed by atoms with Crippen LogP contribution in [0.25, 0.3) is 21.2 Å². The zero-order valence-corrected chi connectivity index (χ0v) is 26.7. The van der Waals surface area contributed by atoms with Crippen molar-refractivity contribution in [2.24, 2.45) is 0 Å². The van der Waals surface area contributed by atoms with E-state index in [0.29, 0.717) is 39.5 Å². The quantitative estimate of drug-likeness (QED) is 0.192. The maximum atomic E-state index is 15.2. The molecule has 0 aliphatic carbocycles. The highest BCUT2D eigenvalue weighted by Gasteiger charge is 2.66. The van der Waals surface area contributed by atoms with Gasteiger partial charge in [0.15, 0.2) is 16.1 Å². The minimum atomic E-state index is -1.87. The van der Waals surface area contributed by atoms with Gasteiger partial charge in [0.05, 0.1) is 40.0 Å². The molecule has 2 aliphatic rings. The van der Waals surface area contributed by atoms with Crippen LogP contribution in [0.15, 0.2) is 88.1 Å². The number of halogens is 1. The molecule has 0 saturated heterocycles. The lowest BCUT2D eigenvalue weighted by Crippen LogP contribution is -2.53. The van der Waals surface area contributed by atoms with Crippen LogP contribution in [0.5, 0.6) is 5.75 Å². The number of thiazole rings is 1. The summed E-state index contributed by atoms with van der Waals surface area (Å²) in [6.07, 6.45) is 0. The maximum absolute atomic E-state index is 15.2. The lowest BCUT2D eigenvalue weighted by molar-refractivity contribution is -0.121.